The van der Waals surface area contributed by atoms with E-state index < -0.39 is 5.41 Å². The van der Waals surface area contributed by atoms with Crippen LogP contribution in [-0.2, 0) is 14.3 Å². The van der Waals surface area contributed by atoms with Gasteiger partial charge in [0.1, 0.15) is 0 Å². The molecule has 2 amide bonds. The lowest BCUT2D eigenvalue weighted by Gasteiger charge is -2.39. The van der Waals surface area contributed by atoms with Crippen LogP contribution < -0.4 is 5.32 Å². The fraction of sp³-hybridized carbons (Fsp3) is 0.500. The van der Waals surface area contributed by atoms with E-state index in [-0.39, 0.29) is 17.7 Å². The molecule has 20 heavy (non-hydrogen) atoms. The van der Waals surface area contributed by atoms with E-state index in [0.717, 1.165) is 11.1 Å². The molecule has 2 rings (SSSR count). The molecule has 0 bridgehead atoms. The highest BCUT2D eigenvalue weighted by molar-refractivity contribution is 6.02. The van der Waals surface area contributed by atoms with Crippen molar-refractivity contribution >= 4 is 11.8 Å². The van der Waals surface area contributed by atoms with Gasteiger partial charge in [-0.1, -0.05) is 36.8 Å². The van der Waals surface area contributed by atoms with E-state index in [0.29, 0.717) is 19.6 Å². The van der Waals surface area contributed by atoms with Gasteiger partial charge >= 0.3 is 0 Å². The molecule has 2 atom stereocenters. The normalized spacial score (nSPS) is 26.4. The summed E-state index contributed by atoms with van der Waals surface area (Å²) in [7, 11) is 0. The number of hydrogen-bond acceptors (Lipinski definition) is 3. The van der Waals surface area contributed by atoms with Crippen LogP contribution >= 0.6 is 0 Å². The minimum atomic E-state index is -0.497. The van der Waals surface area contributed by atoms with Crippen molar-refractivity contribution in [2.75, 3.05) is 13.2 Å². The van der Waals surface area contributed by atoms with Crippen molar-refractivity contribution in [2.24, 2.45) is 5.41 Å². The van der Waals surface area contributed by atoms with Crippen molar-refractivity contribution in [3.63, 3.8) is 0 Å². The number of amides is 2. The number of carbonyl (C=O) groups is 2. The zero-order chi connectivity index (χ0) is 14.8. The third kappa shape index (κ3) is 2.90. The Morgan fingerprint density at radius 3 is 2.80 bits per heavy atom. The van der Waals surface area contributed by atoms with Crippen LogP contribution in [0.5, 0.6) is 0 Å². The van der Waals surface area contributed by atoms with E-state index in [4.69, 9.17) is 4.74 Å². The topological polar surface area (TPSA) is 55.4 Å². The first-order chi connectivity index (χ1) is 9.46. The summed E-state index contributed by atoms with van der Waals surface area (Å²) in [4.78, 5) is 24.0. The lowest BCUT2D eigenvalue weighted by Crippen LogP contribution is -2.51. The fourth-order valence-corrected chi connectivity index (χ4v) is 2.91. The summed E-state index contributed by atoms with van der Waals surface area (Å²) >= 11 is 0. The Kier molecular flexibility index (Phi) is 4.23. The molecule has 0 aromatic heterocycles. The molecule has 0 radical (unpaired) electrons. The van der Waals surface area contributed by atoms with E-state index in [1.807, 2.05) is 45.0 Å². The Bertz CT molecular complexity index is 526. The maximum absolute atomic E-state index is 12.3. The fourth-order valence-electron chi connectivity index (χ4n) is 2.91. The molecule has 1 fully saturated rings. The van der Waals surface area contributed by atoms with Crippen LogP contribution in [0, 0.1) is 12.3 Å². The summed E-state index contributed by atoms with van der Waals surface area (Å²) in [6.45, 7) is 6.84. The highest BCUT2D eigenvalue weighted by atomic mass is 16.5. The maximum atomic E-state index is 12.3. The van der Waals surface area contributed by atoms with Gasteiger partial charge in [-0.05, 0) is 19.4 Å². The smallest absolute Gasteiger partial charge is 0.234 e. The molecule has 0 aliphatic carbocycles. The number of aryl methyl sites for hydroxylation is 1. The summed E-state index contributed by atoms with van der Waals surface area (Å²) in [5.41, 5.74) is 1.55. The molecular formula is C16H21NO3. The van der Waals surface area contributed by atoms with Gasteiger partial charge in [-0.2, -0.15) is 0 Å². The predicted molar refractivity (Wildman–Crippen MR) is 76.3 cm³/mol. The molecule has 0 spiro atoms. The monoisotopic (exact) mass is 275 g/mol. The summed E-state index contributed by atoms with van der Waals surface area (Å²) < 4.78 is 5.52. The van der Waals surface area contributed by atoms with E-state index in [9.17, 15) is 9.59 Å². The zero-order valence-electron chi connectivity index (χ0n) is 12.2. The number of imide groups is 1. The molecule has 1 aromatic carbocycles. The van der Waals surface area contributed by atoms with Crippen LogP contribution in [0.25, 0.3) is 0 Å². The van der Waals surface area contributed by atoms with E-state index in [2.05, 4.69) is 5.32 Å². The van der Waals surface area contributed by atoms with Crippen molar-refractivity contribution in [1.82, 2.24) is 5.32 Å². The minimum absolute atomic E-state index is 0.221. The number of rotatable bonds is 4. The lowest BCUT2D eigenvalue weighted by atomic mass is 9.69. The van der Waals surface area contributed by atoms with Gasteiger partial charge < -0.3 is 4.74 Å². The maximum Gasteiger partial charge on any atom is 0.234 e. The van der Waals surface area contributed by atoms with E-state index in [1.54, 1.807) is 0 Å². The average Bonchev–Trinajstić information content (AvgIpc) is 2.35. The molecule has 1 N–H and O–H groups in total. The molecular weight excluding hydrogens is 254 g/mol. The molecule has 108 valence electrons. The Balaban J connectivity index is 2.39. The summed E-state index contributed by atoms with van der Waals surface area (Å²) in [6, 6.07) is 7.88. The molecule has 1 saturated heterocycles. The summed E-state index contributed by atoms with van der Waals surface area (Å²) in [5.74, 6) is -0.804. The first-order valence-electron chi connectivity index (χ1n) is 6.94. The number of nitrogens with one attached hydrogen (secondary N) is 1. The Labute approximate surface area is 119 Å². The van der Waals surface area contributed by atoms with Crippen molar-refractivity contribution in [3.05, 3.63) is 35.4 Å². The molecule has 4 nitrogen and oxygen atoms in total. The number of piperidine rings is 1. The van der Waals surface area contributed by atoms with Crippen LogP contribution in [-0.4, -0.2) is 25.0 Å². The number of carbonyl (C=O) groups excluding carboxylic acids is 2. The van der Waals surface area contributed by atoms with Gasteiger partial charge in [-0.25, -0.2) is 0 Å². The molecule has 1 aromatic rings. The van der Waals surface area contributed by atoms with Crippen molar-refractivity contribution in [2.45, 2.75) is 33.1 Å². The van der Waals surface area contributed by atoms with Crippen LogP contribution in [0.1, 0.15) is 37.3 Å². The van der Waals surface area contributed by atoms with Crippen LogP contribution in [0.15, 0.2) is 24.3 Å². The van der Waals surface area contributed by atoms with E-state index in [1.165, 1.54) is 0 Å². The molecule has 1 aliphatic rings. The SMILES string of the molecule is CCOCC1(C)CC(=O)NC(=O)C1c1cccc(C)c1. The molecule has 2 unspecified atom stereocenters. The predicted octanol–water partition coefficient (Wildman–Crippen LogP) is 2.17. The van der Waals surface area contributed by atoms with Crippen molar-refractivity contribution in [1.29, 1.82) is 0 Å². The Morgan fingerprint density at radius 1 is 1.40 bits per heavy atom. The van der Waals surface area contributed by atoms with E-state index >= 15 is 0 Å². The van der Waals surface area contributed by atoms with Gasteiger partial charge in [0.25, 0.3) is 0 Å². The summed E-state index contributed by atoms with van der Waals surface area (Å²) in [6.07, 6.45) is 0.303. The highest BCUT2D eigenvalue weighted by Gasteiger charge is 2.46. The highest BCUT2D eigenvalue weighted by Crippen LogP contribution is 2.42. The third-order valence-electron chi connectivity index (χ3n) is 3.80. The first-order valence-corrected chi connectivity index (χ1v) is 6.94. The molecule has 1 aliphatic heterocycles. The Hall–Kier alpha value is -1.68. The van der Waals surface area contributed by atoms with Crippen LogP contribution in [0.3, 0.4) is 0 Å². The number of benzene rings is 1. The molecule has 0 saturated carbocycles. The Morgan fingerprint density at radius 2 is 2.15 bits per heavy atom. The van der Waals surface area contributed by atoms with Gasteiger partial charge in [-0.15, -0.1) is 0 Å². The minimum Gasteiger partial charge on any atom is -0.381 e. The standard InChI is InChI=1S/C16H21NO3/c1-4-20-10-16(3)9-13(18)17-15(19)14(16)12-7-5-6-11(2)8-12/h5-8,14H,4,9-10H2,1-3H3,(H,17,18,19). The number of ether oxygens (including phenoxy) is 1. The second-order valence-corrected chi connectivity index (χ2v) is 5.73. The van der Waals surface area contributed by atoms with Gasteiger partial charge in [0.05, 0.1) is 12.5 Å². The zero-order valence-corrected chi connectivity index (χ0v) is 12.2. The first kappa shape index (κ1) is 14.7. The summed E-state index contributed by atoms with van der Waals surface area (Å²) in [5, 5.41) is 2.45. The number of hydrogen-bond donors (Lipinski definition) is 1. The van der Waals surface area contributed by atoms with Crippen LogP contribution in [0.4, 0.5) is 0 Å². The van der Waals surface area contributed by atoms with Crippen molar-refractivity contribution in [3.8, 4) is 0 Å². The molecule has 4 heteroatoms. The van der Waals surface area contributed by atoms with Gasteiger partial charge in [0, 0.05) is 18.4 Å². The molecule has 1 heterocycles. The van der Waals surface area contributed by atoms with Gasteiger partial charge in [0.15, 0.2) is 0 Å². The second kappa shape index (κ2) is 5.75. The van der Waals surface area contributed by atoms with Crippen molar-refractivity contribution < 1.29 is 14.3 Å². The van der Waals surface area contributed by atoms with Crippen LogP contribution in [0.2, 0.25) is 0 Å². The second-order valence-electron chi connectivity index (χ2n) is 5.73. The largest absolute Gasteiger partial charge is 0.381 e. The van der Waals surface area contributed by atoms with Gasteiger partial charge in [0.2, 0.25) is 11.8 Å². The third-order valence-corrected chi connectivity index (χ3v) is 3.80. The van der Waals surface area contributed by atoms with Gasteiger partial charge in [-0.3, -0.25) is 14.9 Å². The average molecular weight is 275 g/mol. The quantitative estimate of drug-likeness (QED) is 0.857. The lowest BCUT2D eigenvalue weighted by molar-refractivity contribution is -0.141.